The van der Waals surface area contributed by atoms with E-state index in [1.807, 2.05) is 45.0 Å². The number of esters is 1. The van der Waals surface area contributed by atoms with Gasteiger partial charge in [-0.3, -0.25) is 4.79 Å². The van der Waals surface area contributed by atoms with Crippen molar-refractivity contribution in [3.63, 3.8) is 0 Å². The Labute approximate surface area is 103 Å². The Morgan fingerprint density at radius 3 is 2.59 bits per heavy atom. The van der Waals surface area contributed by atoms with Crippen LogP contribution >= 0.6 is 0 Å². The Morgan fingerprint density at radius 2 is 2.00 bits per heavy atom. The smallest absolute Gasteiger partial charge is 0.323 e. The zero-order valence-corrected chi connectivity index (χ0v) is 10.8. The van der Waals surface area contributed by atoms with Crippen molar-refractivity contribution < 1.29 is 9.53 Å². The van der Waals surface area contributed by atoms with E-state index in [-0.39, 0.29) is 5.97 Å². The molecule has 0 saturated carbocycles. The molecule has 0 fully saturated rings. The van der Waals surface area contributed by atoms with Gasteiger partial charge in [0.15, 0.2) is 0 Å². The van der Waals surface area contributed by atoms with E-state index in [9.17, 15) is 4.79 Å². The molecule has 0 amide bonds. The molecule has 0 spiro atoms. The van der Waals surface area contributed by atoms with Gasteiger partial charge in [-0.05, 0) is 30.4 Å². The fraction of sp³-hybridized carbons (Fsp3) is 0.500. The summed E-state index contributed by atoms with van der Waals surface area (Å²) in [6.07, 6.45) is 0.659. The van der Waals surface area contributed by atoms with Crippen LogP contribution in [0.4, 0.5) is 0 Å². The zero-order valence-electron chi connectivity index (χ0n) is 10.8. The highest BCUT2D eigenvalue weighted by molar-refractivity contribution is 5.75. The van der Waals surface area contributed by atoms with Crippen molar-refractivity contribution in [3.05, 3.63) is 35.4 Å². The van der Waals surface area contributed by atoms with Crippen molar-refractivity contribution in [2.75, 3.05) is 0 Å². The molecule has 3 heteroatoms. The van der Waals surface area contributed by atoms with E-state index in [1.54, 1.807) is 0 Å². The van der Waals surface area contributed by atoms with Crippen LogP contribution < -0.4 is 5.73 Å². The van der Waals surface area contributed by atoms with Crippen molar-refractivity contribution in [3.8, 4) is 0 Å². The first-order chi connectivity index (χ1) is 8.00. The molecule has 2 N–H and O–H groups in total. The molecule has 0 saturated heterocycles. The van der Waals surface area contributed by atoms with Gasteiger partial charge in [0.1, 0.15) is 12.6 Å². The van der Waals surface area contributed by atoms with Crippen LogP contribution in [0.15, 0.2) is 24.3 Å². The van der Waals surface area contributed by atoms with Crippen molar-refractivity contribution in [1.82, 2.24) is 0 Å². The molecule has 1 aromatic rings. The molecule has 1 aromatic carbocycles. The van der Waals surface area contributed by atoms with Crippen LogP contribution in [0, 0.1) is 12.8 Å². The largest absolute Gasteiger partial charge is 0.460 e. The predicted octanol–water partition coefficient (Wildman–Crippen LogP) is 2.41. The van der Waals surface area contributed by atoms with E-state index >= 15 is 0 Å². The van der Waals surface area contributed by atoms with Crippen LogP contribution in [-0.4, -0.2) is 12.0 Å². The second-order valence-electron chi connectivity index (χ2n) is 4.77. The summed E-state index contributed by atoms with van der Waals surface area (Å²) < 4.78 is 5.21. The lowest BCUT2D eigenvalue weighted by molar-refractivity contribution is -0.146. The zero-order chi connectivity index (χ0) is 12.8. The first-order valence-corrected chi connectivity index (χ1v) is 5.97. The lowest BCUT2D eigenvalue weighted by atomic mass is 10.0. The molecule has 0 bridgehead atoms. The van der Waals surface area contributed by atoms with Gasteiger partial charge in [0.2, 0.25) is 0 Å². The Morgan fingerprint density at radius 1 is 1.35 bits per heavy atom. The summed E-state index contributed by atoms with van der Waals surface area (Å²) in [5, 5.41) is 0. The standard InChI is InChI=1S/C14H21NO2/c1-10(2)8-13(15)14(16)17-9-12-7-5-4-6-11(12)3/h4-7,10,13H,8-9,15H2,1-3H3. The number of carbonyl (C=O) groups is 1. The topological polar surface area (TPSA) is 52.3 Å². The Bertz CT molecular complexity index is 374. The number of hydrogen-bond donors (Lipinski definition) is 1. The van der Waals surface area contributed by atoms with Gasteiger partial charge in [0.25, 0.3) is 0 Å². The quantitative estimate of drug-likeness (QED) is 0.797. The minimum atomic E-state index is -0.515. The molecule has 0 radical (unpaired) electrons. The molecule has 94 valence electrons. The third-order valence-corrected chi connectivity index (χ3v) is 2.66. The number of nitrogens with two attached hydrogens (primary N) is 1. The van der Waals surface area contributed by atoms with Crippen LogP contribution in [0.25, 0.3) is 0 Å². The van der Waals surface area contributed by atoms with E-state index in [0.717, 1.165) is 11.1 Å². The van der Waals surface area contributed by atoms with Crippen LogP contribution in [0.2, 0.25) is 0 Å². The SMILES string of the molecule is Cc1ccccc1COC(=O)C(N)CC(C)C. The summed E-state index contributed by atoms with van der Waals surface area (Å²) in [6.45, 7) is 6.37. The Balaban J connectivity index is 2.46. The number of rotatable bonds is 5. The van der Waals surface area contributed by atoms with Gasteiger partial charge in [0.05, 0.1) is 0 Å². The maximum Gasteiger partial charge on any atom is 0.323 e. The number of carbonyl (C=O) groups excluding carboxylic acids is 1. The summed E-state index contributed by atoms with van der Waals surface area (Å²) in [5.74, 6) is 0.0814. The van der Waals surface area contributed by atoms with Gasteiger partial charge in [-0.2, -0.15) is 0 Å². The number of ether oxygens (including phenoxy) is 1. The molecule has 0 aromatic heterocycles. The Kier molecular flexibility index (Phi) is 5.16. The van der Waals surface area contributed by atoms with Gasteiger partial charge < -0.3 is 10.5 Å². The molecule has 0 aliphatic heterocycles. The molecule has 1 unspecified atom stereocenters. The fourth-order valence-electron chi connectivity index (χ4n) is 1.63. The number of aryl methyl sites for hydroxylation is 1. The summed E-state index contributed by atoms with van der Waals surface area (Å²) in [4.78, 5) is 11.6. The summed E-state index contributed by atoms with van der Waals surface area (Å²) in [6, 6.07) is 7.34. The van der Waals surface area contributed by atoms with Crippen molar-refractivity contribution >= 4 is 5.97 Å². The average Bonchev–Trinajstić information content (AvgIpc) is 2.26. The first kappa shape index (κ1) is 13.7. The summed E-state index contributed by atoms with van der Waals surface area (Å²) in [7, 11) is 0. The molecule has 0 aliphatic rings. The van der Waals surface area contributed by atoms with E-state index in [0.29, 0.717) is 18.9 Å². The van der Waals surface area contributed by atoms with Crippen LogP contribution in [-0.2, 0) is 16.1 Å². The lowest BCUT2D eigenvalue weighted by Gasteiger charge is -2.14. The minimum Gasteiger partial charge on any atom is -0.460 e. The van der Waals surface area contributed by atoms with Crippen molar-refractivity contribution in [1.29, 1.82) is 0 Å². The lowest BCUT2D eigenvalue weighted by Crippen LogP contribution is -2.33. The maximum atomic E-state index is 11.6. The highest BCUT2D eigenvalue weighted by Crippen LogP contribution is 2.10. The fourth-order valence-corrected chi connectivity index (χ4v) is 1.63. The second-order valence-corrected chi connectivity index (χ2v) is 4.77. The normalized spacial score (nSPS) is 12.5. The van der Waals surface area contributed by atoms with E-state index in [4.69, 9.17) is 10.5 Å². The molecule has 3 nitrogen and oxygen atoms in total. The second kappa shape index (κ2) is 6.40. The molecule has 17 heavy (non-hydrogen) atoms. The molecule has 1 atom stereocenters. The van der Waals surface area contributed by atoms with Crippen molar-refractivity contribution in [2.45, 2.75) is 39.8 Å². The monoisotopic (exact) mass is 235 g/mol. The van der Waals surface area contributed by atoms with Gasteiger partial charge in [-0.1, -0.05) is 38.1 Å². The Hall–Kier alpha value is -1.35. The minimum absolute atomic E-state index is 0.303. The van der Waals surface area contributed by atoms with E-state index in [1.165, 1.54) is 0 Å². The van der Waals surface area contributed by atoms with Crippen LogP contribution in [0.3, 0.4) is 0 Å². The first-order valence-electron chi connectivity index (χ1n) is 5.97. The predicted molar refractivity (Wildman–Crippen MR) is 68.4 cm³/mol. The molecular weight excluding hydrogens is 214 g/mol. The molecule has 1 rings (SSSR count). The van der Waals surface area contributed by atoms with Gasteiger partial charge in [-0.15, -0.1) is 0 Å². The highest BCUT2D eigenvalue weighted by Gasteiger charge is 2.16. The van der Waals surface area contributed by atoms with Gasteiger partial charge in [-0.25, -0.2) is 0 Å². The van der Waals surface area contributed by atoms with E-state index in [2.05, 4.69) is 0 Å². The van der Waals surface area contributed by atoms with Crippen molar-refractivity contribution in [2.24, 2.45) is 11.7 Å². The average molecular weight is 235 g/mol. The third-order valence-electron chi connectivity index (χ3n) is 2.66. The van der Waals surface area contributed by atoms with Crippen LogP contribution in [0.1, 0.15) is 31.4 Å². The van der Waals surface area contributed by atoms with E-state index < -0.39 is 6.04 Å². The van der Waals surface area contributed by atoms with Gasteiger partial charge in [0, 0.05) is 0 Å². The summed E-state index contributed by atoms with van der Waals surface area (Å²) >= 11 is 0. The molecule has 0 heterocycles. The molecule has 0 aliphatic carbocycles. The molecular formula is C14H21NO2. The maximum absolute atomic E-state index is 11.6. The van der Waals surface area contributed by atoms with Gasteiger partial charge >= 0.3 is 5.97 Å². The number of hydrogen-bond acceptors (Lipinski definition) is 3. The summed E-state index contributed by atoms with van der Waals surface area (Å²) in [5.41, 5.74) is 7.89. The van der Waals surface area contributed by atoms with Crippen LogP contribution in [0.5, 0.6) is 0 Å². The highest BCUT2D eigenvalue weighted by atomic mass is 16.5. The number of benzene rings is 1. The third kappa shape index (κ3) is 4.57.